The molecule has 1 aliphatic rings. The van der Waals surface area contributed by atoms with Gasteiger partial charge in [-0.3, -0.25) is 0 Å². The molecule has 0 saturated carbocycles. The first-order valence-corrected chi connectivity index (χ1v) is 7.87. The molecule has 0 bridgehead atoms. The molecule has 1 heterocycles. The summed E-state index contributed by atoms with van der Waals surface area (Å²) in [5, 5.41) is 3.53. The molecule has 110 valence electrons. The molecule has 0 fully saturated rings. The Bertz CT molecular complexity index is 576. The number of rotatable bonds is 5. The fourth-order valence-corrected chi connectivity index (χ4v) is 2.99. The van der Waals surface area contributed by atoms with E-state index in [0.29, 0.717) is 5.92 Å². The average Bonchev–Trinajstić information content (AvgIpc) is 2.55. The molecular formula is C19H23NO. The summed E-state index contributed by atoms with van der Waals surface area (Å²) in [7, 11) is 0. The average molecular weight is 281 g/mol. The molecule has 2 aromatic carbocycles. The van der Waals surface area contributed by atoms with Crippen LogP contribution in [0.25, 0.3) is 0 Å². The zero-order chi connectivity index (χ0) is 14.5. The van der Waals surface area contributed by atoms with Gasteiger partial charge in [0.1, 0.15) is 5.75 Å². The third-order valence-electron chi connectivity index (χ3n) is 4.08. The van der Waals surface area contributed by atoms with Gasteiger partial charge in [-0.25, -0.2) is 0 Å². The Balaban J connectivity index is 1.70. The second kappa shape index (κ2) is 6.77. The van der Waals surface area contributed by atoms with Crippen molar-refractivity contribution in [2.75, 3.05) is 13.2 Å². The highest BCUT2D eigenvalue weighted by atomic mass is 16.5. The molecule has 2 heteroatoms. The molecule has 0 amide bonds. The van der Waals surface area contributed by atoms with Gasteiger partial charge in [-0.1, -0.05) is 43.3 Å². The molecule has 0 aliphatic carbocycles. The number of benzene rings is 2. The van der Waals surface area contributed by atoms with Crippen LogP contribution in [0.1, 0.15) is 36.0 Å². The van der Waals surface area contributed by atoms with Crippen molar-refractivity contribution < 1.29 is 4.74 Å². The Kier molecular flexibility index (Phi) is 4.56. The summed E-state index contributed by atoms with van der Waals surface area (Å²) in [5.41, 5.74) is 4.32. The topological polar surface area (TPSA) is 21.3 Å². The zero-order valence-corrected chi connectivity index (χ0v) is 12.6. The first-order valence-electron chi connectivity index (χ1n) is 7.87. The van der Waals surface area contributed by atoms with E-state index in [1.54, 1.807) is 0 Å². The van der Waals surface area contributed by atoms with Crippen LogP contribution in [0, 0.1) is 0 Å². The number of nitrogens with one attached hydrogen (secondary N) is 1. The summed E-state index contributed by atoms with van der Waals surface area (Å²) in [4.78, 5) is 0. The predicted octanol–water partition coefficient (Wildman–Crippen LogP) is 3.90. The Morgan fingerprint density at radius 2 is 1.90 bits per heavy atom. The van der Waals surface area contributed by atoms with E-state index in [9.17, 15) is 0 Å². The largest absolute Gasteiger partial charge is 0.494 e. The molecular weight excluding hydrogens is 258 g/mol. The minimum Gasteiger partial charge on any atom is -0.494 e. The smallest absolute Gasteiger partial charge is 0.119 e. The highest BCUT2D eigenvalue weighted by Crippen LogP contribution is 2.27. The third-order valence-corrected chi connectivity index (χ3v) is 4.08. The molecule has 0 saturated heterocycles. The molecule has 21 heavy (non-hydrogen) atoms. The van der Waals surface area contributed by atoms with Crippen molar-refractivity contribution in [1.82, 2.24) is 5.32 Å². The van der Waals surface area contributed by atoms with Crippen LogP contribution >= 0.6 is 0 Å². The standard InChI is InChI=1S/C19H23NO/c1-2-11-21-18-9-7-15(8-10-18)12-17-14-20-13-16-5-3-4-6-19(16)17/h3-10,17,20H,2,11-14H2,1H3. The maximum atomic E-state index is 5.64. The van der Waals surface area contributed by atoms with Crippen LogP contribution in [0.2, 0.25) is 0 Å². The lowest BCUT2D eigenvalue weighted by Crippen LogP contribution is -2.29. The molecule has 1 atom stereocenters. The number of fused-ring (bicyclic) bond motifs is 1. The third kappa shape index (κ3) is 3.45. The van der Waals surface area contributed by atoms with E-state index in [1.165, 1.54) is 16.7 Å². The second-order valence-electron chi connectivity index (χ2n) is 5.72. The van der Waals surface area contributed by atoms with E-state index in [4.69, 9.17) is 4.74 Å². The van der Waals surface area contributed by atoms with Crippen LogP contribution in [0.5, 0.6) is 5.75 Å². The van der Waals surface area contributed by atoms with Crippen molar-refractivity contribution in [3.63, 3.8) is 0 Å². The van der Waals surface area contributed by atoms with Crippen LogP contribution in [-0.2, 0) is 13.0 Å². The van der Waals surface area contributed by atoms with Crippen molar-refractivity contribution in [3.8, 4) is 5.75 Å². The van der Waals surface area contributed by atoms with Crippen molar-refractivity contribution in [1.29, 1.82) is 0 Å². The van der Waals surface area contributed by atoms with Crippen molar-refractivity contribution in [2.24, 2.45) is 0 Å². The monoisotopic (exact) mass is 281 g/mol. The molecule has 3 rings (SSSR count). The van der Waals surface area contributed by atoms with Gasteiger partial charge >= 0.3 is 0 Å². The fourth-order valence-electron chi connectivity index (χ4n) is 2.99. The Morgan fingerprint density at radius 3 is 2.71 bits per heavy atom. The Morgan fingerprint density at radius 1 is 1.10 bits per heavy atom. The summed E-state index contributed by atoms with van der Waals surface area (Å²) >= 11 is 0. The van der Waals surface area contributed by atoms with Crippen LogP contribution in [0.3, 0.4) is 0 Å². The minimum absolute atomic E-state index is 0.567. The predicted molar refractivity (Wildman–Crippen MR) is 86.8 cm³/mol. The minimum atomic E-state index is 0.567. The molecule has 0 aromatic heterocycles. The van der Waals surface area contributed by atoms with Crippen LogP contribution in [0.4, 0.5) is 0 Å². The first-order chi connectivity index (χ1) is 10.4. The molecule has 1 unspecified atom stereocenters. The fraction of sp³-hybridized carbons (Fsp3) is 0.368. The summed E-state index contributed by atoms with van der Waals surface area (Å²) in [6.07, 6.45) is 2.13. The zero-order valence-electron chi connectivity index (χ0n) is 12.6. The van der Waals surface area contributed by atoms with Gasteiger partial charge in [0.25, 0.3) is 0 Å². The van der Waals surface area contributed by atoms with E-state index in [0.717, 1.165) is 38.3 Å². The highest BCUT2D eigenvalue weighted by Gasteiger charge is 2.19. The maximum Gasteiger partial charge on any atom is 0.119 e. The van der Waals surface area contributed by atoms with E-state index in [2.05, 4.69) is 60.8 Å². The number of hydrogen-bond donors (Lipinski definition) is 1. The van der Waals surface area contributed by atoms with Crippen molar-refractivity contribution >= 4 is 0 Å². The van der Waals surface area contributed by atoms with Gasteiger partial charge in [0, 0.05) is 19.0 Å². The number of ether oxygens (including phenoxy) is 1. The lowest BCUT2D eigenvalue weighted by Gasteiger charge is -2.26. The molecule has 2 aromatic rings. The molecule has 0 radical (unpaired) electrons. The van der Waals surface area contributed by atoms with Crippen molar-refractivity contribution in [3.05, 3.63) is 65.2 Å². The number of hydrogen-bond acceptors (Lipinski definition) is 2. The van der Waals surface area contributed by atoms with Gasteiger partial charge in [-0.15, -0.1) is 0 Å². The van der Waals surface area contributed by atoms with Crippen molar-refractivity contribution in [2.45, 2.75) is 32.2 Å². The molecule has 1 N–H and O–H groups in total. The second-order valence-corrected chi connectivity index (χ2v) is 5.72. The highest BCUT2D eigenvalue weighted by molar-refractivity contribution is 5.35. The maximum absolute atomic E-state index is 5.64. The van der Waals surface area contributed by atoms with Gasteiger partial charge in [-0.2, -0.15) is 0 Å². The van der Waals surface area contributed by atoms with E-state index >= 15 is 0 Å². The van der Waals surface area contributed by atoms with Crippen LogP contribution < -0.4 is 10.1 Å². The van der Waals surface area contributed by atoms with E-state index < -0.39 is 0 Å². The normalized spacial score (nSPS) is 17.3. The Hall–Kier alpha value is -1.80. The van der Waals surface area contributed by atoms with Gasteiger partial charge in [-0.05, 0) is 41.7 Å². The van der Waals surface area contributed by atoms with Gasteiger partial charge in [0.05, 0.1) is 6.61 Å². The lowest BCUT2D eigenvalue weighted by atomic mass is 9.86. The van der Waals surface area contributed by atoms with Gasteiger partial charge < -0.3 is 10.1 Å². The van der Waals surface area contributed by atoms with Crippen LogP contribution in [-0.4, -0.2) is 13.2 Å². The summed E-state index contributed by atoms with van der Waals surface area (Å²) in [5.74, 6) is 1.54. The molecule has 2 nitrogen and oxygen atoms in total. The van der Waals surface area contributed by atoms with E-state index in [1.807, 2.05) is 0 Å². The summed E-state index contributed by atoms with van der Waals surface area (Å²) in [6.45, 7) is 4.97. The first kappa shape index (κ1) is 14.2. The van der Waals surface area contributed by atoms with Crippen LogP contribution in [0.15, 0.2) is 48.5 Å². The van der Waals surface area contributed by atoms with Gasteiger partial charge in [0.2, 0.25) is 0 Å². The quantitative estimate of drug-likeness (QED) is 0.897. The van der Waals surface area contributed by atoms with Gasteiger partial charge in [0.15, 0.2) is 0 Å². The summed E-state index contributed by atoms with van der Waals surface area (Å²) < 4.78 is 5.64. The SMILES string of the molecule is CCCOc1ccc(CC2CNCc3ccccc32)cc1. The van der Waals surface area contributed by atoms with E-state index in [-0.39, 0.29) is 0 Å². The Labute approximate surface area is 127 Å². The summed E-state index contributed by atoms with van der Waals surface area (Å²) in [6, 6.07) is 17.4. The molecule has 1 aliphatic heterocycles. The lowest BCUT2D eigenvalue weighted by molar-refractivity contribution is 0.317. The molecule has 0 spiro atoms.